The van der Waals surface area contributed by atoms with Gasteiger partial charge in [-0.05, 0) is 31.7 Å². The first-order chi connectivity index (χ1) is 10.7. The van der Waals surface area contributed by atoms with E-state index in [1.165, 1.54) is 0 Å². The van der Waals surface area contributed by atoms with E-state index in [2.05, 4.69) is 5.32 Å². The van der Waals surface area contributed by atoms with Crippen LogP contribution in [0.25, 0.3) is 0 Å². The topological polar surface area (TPSA) is 99.3 Å². The van der Waals surface area contributed by atoms with Crippen molar-refractivity contribution in [2.24, 2.45) is 11.8 Å². The Morgan fingerprint density at radius 2 is 1.74 bits per heavy atom. The van der Waals surface area contributed by atoms with Gasteiger partial charge >= 0.3 is 12.1 Å². The first-order valence-corrected chi connectivity index (χ1v) is 7.02. The Labute approximate surface area is 128 Å². The number of aromatic amines is 1. The summed E-state index contributed by atoms with van der Waals surface area (Å²) >= 11 is 0. The minimum Gasteiger partial charge on any atom is -0.481 e. The summed E-state index contributed by atoms with van der Waals surface area (Å²) in [4.78, 5) is 36.4. The third-order valence-corrected chi connectivity index (χ3v) is 3.94. The van der Waals surface area contributed by atoms with Crippen molar-refractivity contribution in [3.8, 4) is 0 Å². The molecule has 0 aromatic carbocycles. The number of halogens is 3. The molecule has 1 amide bonds. The molecule has 0 unspecified atom stereocenters. The summed E-state index contributed by atoms with van der Waals surface area (Å²) in [7, 11) is 0. The lowest BCUT2D eigenvalue weighted by Gasteiger charge is -2.25. The van der Waals surface area contributed by atoms with Gasteiger partial charge < -0.3 is 15.4 Å². The average molecular weight is 332 g/mol. The van der Waals surface area contributed by atoms with Gasteiger partial charge in [-0.2, -0.15) is 13.2 Å². The van der Waals surface area contributed by atoms with Crippen LogP contribution in [0.1, 0.15) is 31.2 Å². The zero-order valence-corrected chi connectivity index (χ0v) is 11.9. The highest BCUT2D eigenvalue weighted by atomic mass is 19.4. The average Bonchev–Trinajstić information content (AvgIpc) is 2.48. The fraction of sp³-hybridized carbons (Fsp3) is 0.500. The van der Waals surface area contributed by atoms with Crippen LogP contribution in [0.15, 0.2) is 17.1 Å². The smallest absolute Gasteiger partial charge is 0.417 e. The summed E-state index contributed by atoms with van der Waals surface area (Å²) in [5.74, 6) is -2.51. The highest BCUT2D eigenvalue weighted by molar-refractivity contribution is 5.92. The highest BCUT2D eigenvalue weighted by Crippen LogP contribution is 2.31. The quantitative estimate of drug-likeness (QED) is 0.790. The maximum atomic E-state index is 12.6. The number of H-pyrrole nitrogens is 1. The standard InChI is InChI=1S/C14H15F3N2O4/c15-14(16,17)9-5-10(12(21)18-6-9)19-11(20)7-1-3-8(4-2-7)13(22)23/h5-8H,1-4H2,(H,18,21)(H,19,20)(H,22,23). The van der Waals surface area contributed by atoms with Gasteiger partial charge in [0.05, 0.1) is 11.5 Å². The Balaban J connectivity index is 2.06. The van der Waals surface area contributed by atoms with Gasteiger partial charge in [0.1, 0.15) is 5.69 Å². The molecule has 0 bridgehead atoms. The molecule has 23 heavy (non-hydrogen) atoms. The second-order valence-electron chi connectivity index (χ2n) is 5.50. The number of rotatable bonds is 3. The lowest BCUT2D eigenvalue weighted by Crippen LogP contribution is -2.31. The van der Waals surface area contributed by atoms with E-state index in [1.54, 1.807) is 0 Å². The van der Waals surface area contributed by atoms with Gasteiger partial charge in [-0.25, -0.2) is 0 Å². The number of carboxylic acid groups (broad SMARTS) is 1. The van der Waals surface area contributed by atoms with Gasteiger partial charge in [-0.3, -0.25) is 14.4 Å². The second-order valence-corrected chi connectivity index (χ2v) is 5.50. The van der Waals surface area contributed by atoms with Crippen LogP contribution < -0.4 is 10.9 Å². The molecule has 2 rings (SSSR count). The molecule has 1 fully saturated rings. The van der Waals surface area contributed by atoms with E-state index in [1.807, 2.05) is 4.98 Å². The van der Waals surface area contributed by atoms with E-state index in [4.69, 9.17) is 5.11 Å². The van der Waals surface area contributed by atoms with Crippen LogP contribution >= 0.6 is 0 Å². The number of alkyl halides is 3. The summed E-state index contributed by atoms with van der Waals surface area (Å²) in [5, 5.41) is 11.1. The zero-order chi connectivity index (χ0) is 17.2. The van der Waals surface area contributed by atoms with Gasteiger partial charge in [0.25, 0.3) is 5.56 Å². The minimum atomic E-state index is -4.64. The molecule has 1 aliphatic rings. The van der Waals surface area contributed by atoms with Gasteiger partial charge in [-0.15, -0.1) is 0 Å². The van der Waals surface area contributed by atoms with Crippen LogP contribution in [0.5, 0.6) is 0 Å². The molecular weight excluding hydrogens is 317 g/mol. The molecule has 0 aliphatic heterocycles. The van der Waals surface area contributed by atoms with Crippen LogP contribution in [0.3, 0.4) is 0 Å². The number of aromatic nitrogens is 1. The third kappa shape index (κ3) is 4.11. The molecule has 6 nitrogen and oxygen atoms in total. The van der Waals surface area contributed by atoms with Crippen molar-refractivity contribution in [3.63, 3.8) is 0 Å². The number of nitrogens with one attached hydrogen (secondary N) is 2. The predicted octanol–water partition coefficient (Wildman–Crippen LogP) is 2.22. The van der Waals surface area contributed by atoms with E-state index < -0.39 is 46.7 Å². The number of hydrogen-bond acceptors (Lipinski definition) is 3. The summed E-state index contributed by atoms with van der Waals surface area (Å²) in [5.41, 5.74) is -2.36. The van der Waals surface area contributed by atoms with Crippen molar-refractivity contribution < 1.29 is 27.9 Å². The number of anilines is 1. The number of carbonyl (C=O) groups excluding carboxylic acids is 1. The number of pyridine rings is 1. The van der Waals surface area contributed by atoms with E-state index in [0.717, 1.165) is 0 Å². The van der Waals surface area contributed by atoms with E-state index >= 15 is 0 Å². The van der Waals surface area contributed by atoms with Crippen molar-refractivity contribution in [1.82, 2.24) is 4.98 Å². The van der Waals surface area contributed by atoms with Gasteiger partial charge in [-0.1, -0.05) is 0 Å². The molecule has 0 saturated heterocycles. The van der Waals surface area contributed by atoms with Crippen LogP contribution in [-0.2, 0) is 15.8 Å². The van der Waals surface area contributed by atoms with Crippen LogP contribution in [-0.4, -0.2) is 22.0 Å². The molecule has 126 valence electrons. The molecular formula is C14H15F3N2O4. The Bertz CT molecular complexity index is 661. The van der Waals surface area contributed by atoms with Crippen LogP contribution in [0.2, 0.25) is 0 Å². The van der Waals surface area contributed by atoms with E-state index in [-0.39, 0.29) is 0 Å². The van der Waals surface area contributed by atoms with Crippen LogP contribution in [0.4, 0.5) is 18.9 Å². The maximum Gasteiger partial charge on any atom is 0.417 e. The molecule has 1 heterocycles. The Kier molecular flexibility index (Phi) is 4.76. The highest BCUT2D eigenvalue weighted by Gasteiger charge is 2.33. The first-order valence-electron chi connectivity index (χ1n) is 7.02. The Morgan fingerprint density at radius 3 is 2.26 bits per heavy atom. The number of hydrogen-bond donors (Lipinski definition) is 3. The van der Waals surface area contributed by atoms with Crippen molar-refractivity contribution in [1.29, 1.82) is 0 Å². The van der Waals surface area contributed by atoms with Crippen molar-refractivity contribution in [2.75, 3.05) is 5.32 Å². The number of aliphatic carboxylic acids is 1. The first kappa shape index (κ1) is 17.0. The van der Waals surface area contributed by atoms with Gasteiger partial charge in [0.15, 0.2) is 0 Å². The molecule has 1 saturated carbocycles. The zero-order valence-electron chi connectivity index (χ0n) is 11.9. The number of carbonyl (C=O) groups is 2. The van der Waals surface area contributed by atoms with E-state index in [9.17, 15) is 27.6 Å². The summed E-state index contributed by atoms with van der Waals surface area (Å²) < 4.78 is 37.9. The molecule has 9 heteroatoms. The normalized spacial score (nSPS) is 21.7. The third-order valence-electron chi connectivity index (χ3n) is 3.94. The second kappa shape index (κ2) is 6.43. The lowest BCUT2D eigenvalue weighted by molar-refractivity contribution is -0.143. The van der Waals surface area contributed by atoms with Crippen molar-refractivity contribution >= 4 is 17.6 Å². The summed E-state index contributed by atoms with van der Waals surface area (Å²) in [6.45, 7) is 0. The monoisotopic (exact) mass is 332 g/mol. The van der Waals surface area contributed by atoms with E-state index in [0.29, 0.717) is 37.9 Å². The fourth-order valence-electron chi connectivity index (χ4n) is 2.58. The lowest BCUT2D eigenvalue weighted by atomic mass is 9.81. The summed E-state index contributed by atoms with van der Waals surface area (Å²) in [6.07, 6.45) is -2.81. The summed E-state index contributed by atoms with van der Waals surface area (Å²) in [6, 6.07) is 0.583. The maximum absolute atomic E-state index is 12.6. The molecule has 3 N–H and O–H groups in total. The van der Waals surface area contributed by atoms with Gasteiger partial charge in [0.2, 0.25) is 5.91 Å². The Hall–Kier alpha value is -2.32. The predicted molar refractivity (Wildman–Crippen MR) is 73.8 cm³/mol. The number of carboxylic acids is 1. The number of amides is 1. The largest absolute Gasteiger partial charge is 0.481 e. The van der Waals surface area contributed by atoms with Gasteiger partial charge in [0, 0.05) is 12.1 Å². The fourth-order valence-corrected chi connectivity index (χ4v) is 2.58. The van der Waals surface area contributed by atoms with Crippen molar-refractivity contribution in [3.05, 3.63) is 28.2 Å². The minimum absolute atomic E-state index is 0.319. The molecule has 0 atom stereocenters. The van der Waals surface area contributed by atoms with Crippen molar-refractivity contribution in [2.45, 2.75) is 31.9 Å². The van der Waals surface area contributed by atoms with Crippen LogP contribution in [0, 0.1) is 11.8 Å². The molecule has 0 radical (unpaired) electrons. The molecule has 1 aliphatic carbocycles. The SMILES string of the molecule is O=C(O)C1CCC(C(=O)Nc2cc(C(F)(F)F)c[nH]c2=O)CC1. The molecule has 1 aromatic rings. The molecule has 1 aromatic heterocycles. The molecule has 0 spiro atoms. The Morgan fingerprint density at radius 1 is 1.17 bits per heavy atom.